The normalized spacial score (nSPS) is 26.0. The SMILES string of the molecule is C#Cc1c(F)ccc2cc(O)cc(-c3ncc4c(N5C[C@@H](C)CC6(CC(C)N6C(=O)n6cnc(C(F)(F)F)n6)C5)nc(OC[C@@]56CCCN5C[C@H](F)C6)nc4c3F)c12. The number of rotatable bonds is 5. The average molecular weight is 806 g/mol. The van der Waals surface area contributed by atoms with E-state index >= 15 is 8.78 Å². The van der Waals surface area contributed by atoms with Crippen LogP contribution in [0.4, 0.5) is 37.0 Å². The van der Waals surface area contributed by atoms with Crippen LogP contribution in [0.25, 0.3) is 32.9 Å². The summed E-state index contributed by atoms with van der Waals surface area (Å²) >= 11 is 0. The molecule has 12 nitrogen and oxygen atoms in total. The van der Waals surface area contributed by atoms with Crippen molar-refractivity contribution in [3.63, 3.8) is 0 Å². The molecule has 5 atom stereocenters. The highest BCUT2D eigenvalue weighted by atomic mass is 19.4. The second kappa shape index (κ2) is 13.4. The molecular weight excluding hydrogens is 768 g/mol. The summed E-state index contributed by atoms with van der Waals surface area (Å²) in [5, 5.41) is 14.8. The molecule has 4 saturated heterocycles. The topological polar surface area (TPSA) is 126 Å². The molecule has 0 saturated carbocycles. The van der Waals surface area contributed by atoms with Crippen molar-refractivity contribution >= 4 is 33.5 Å². The number of benzene rings is 2. The number of aromatic nitrogens is 6. The highest BCUT2D eigenvalue weighted by molar-refractivity contribution is 6.03. The highest BCUT2D eigenvalue weighted by Gasteiger charge is 2.56. The molecule has 302 valence electrons. The van der Waals surface area contributed by atoms with Crippen molar-refractivity contribution in [3.8, 4) is 35.4 Å². The summed E-state index contributed by atoms with van der Waals surface area (Å²) in [7, 11) is 0. The quantitative estimate of drug-likeness (QED) is 0.151. The van der Waals surface area contributed by atoms with Gasteiger partial charge in [-0.25, -0.2) is 22.9 Å². The van der Waals surface area contributed by atoms with Crippen LogP contribution in [-0.2, 0) is 6.18 Å². The van der Waals surface area contributed by atoms with Crippen LogP contribution in [0.15, 0.2) is 36.8 Å². The number of ether oxygens (including phenoxy) is 1. The molecule has 0 aliphatic carbocycles. The van der Waals surface area contributed by atoms with Gasteiger partial charge in [0.1, 0.15) is 47.7 Å². The molecule has 5 aromatic rings. The number of aromatic hydroxyl groups is 1. The van der Waals surface area contributed by atoms with Gasteiger partial charge in [0, 0.05) is 49.2 Å². The van der Waals surface area contributed by atoms with Gasteiger partial charge in [-0.2, -0.15) is 27.8 Å². The lowest BCUT2D eigenvalue weighted by Gasteiger charge is -2.61. The van der Waals surface area contributed by atoms with Gasteiger partial charge in [-0.05, 0) is 68.7 Å². The molecule has 0 bridgehead atoms. The van der Waals surface area contributed by atoms with Gasteiger partial charge in [0.25, 0.3) is 5.82 Å². The molecule has 4 fully saturated rings. The Morgan fingerprint density at radius 2 is 1.91 bits per heavy atom. The van der Waals surface area contributed by atoms with E-state index in [1.165, 1.54) is 29.3 Å². The zero-order valence-electron chi connectivity index (χ0n) is 31.4. The number of halogens is 6. The Balaban J connectivity index is 1.15. The predicted molar refractivity (Wildman–Crippen MR) is 199 cm³/mol. The molecule has 7 heterocycles. The molecule has 18 heteroatoms. The molecule has 1 N–H and O–H groups in total. The number of alkyl halides is 4. The summed E-state index contributed by atoms with van der Waals surface area (Å²) in [5.74, 6) is -0.868. The number of likely N-dealkylation sites (tertiary alicyclic amines) is 1. The van der Waals surface area contributed by atoms with Crippen molar-refractivity contribution in [2.24, 2.45) is 5.92 Å². The number of carbonyl (C=O) groups excluding carboxylic acids is 1. The fourth-order valence-corrected chi connectivity index (χ4v) is 10.1. The Labute approximate surface area is 327 Å². The van der Waals surface area contributed by atoms with Gasteiger partial charge in [-0.15, -0.1) is 11.5 Å². The first-order chi connectivity index (χ1) is 27.6. The smallest absolute Gasteiger partial charge is 0.453 e. The zero-order chi connectivity index (χ0) is 40.9. The lowest BCUT2D eigenvalue weighted by atomic mass is 9.71. The second-order valence-electron chi connectivity index (χ2n) is 16.2. The molecule has 2 aromatic carbocycles. The van der Waals surface area contributed by atoms with Crippen LogP contribution in [0.1, 0.15) is 57.3 Å². The Hall–Kier alpha value is -5.70. The van der Waals surface area contributed by atoms with Crippen LogP contribution >= 0.6 is 0 Å². The number of fused-ring (bicyclic) bond motifs is 3. The first kappa shape index (κ1) is 37.9. The van der Waals surface area contributed by atoms with Crippen LogP contribution in [0.5, 0.6) is 11.8 Å². The lowest BCUT2D eigenvalue weighted by molar-refractivity contribution is -0.144. The fraction of sp³-hybridized carbons (Fsp3) is 0.450. The van der Waals surface area contributed by atoms with Crippen molar-refractivity contribution in [1.82, 2.24) is 39.5 Å². The van der Waals surface area contributed by atoms with Crippen LogP contribution in [0, 0.1) is 29.9 Å². The third-order valence-corrected chi connectivity index (χ3v) is 12.1. The molecule has 0 radical (unpaired) electrons. The number of pyridine rings is 1. The summed E-state index contributed by atoms with van der Waals surface area (Å²) in [6.07, 6.45) is 4.77. The Kier molecular flexibility index (Phi) is 8.77. The minimum Gasteiger partial charge on any atom is -0.508 e. The zero-order valence-corrected chi connectivity index (χ0v) is 31.4. The van der Waals surface area contributed by atoms with Gasteiger partial charge in [-0.3, -0.25) is 9.88 Å². The summed E-state index contributed by atoms with van der Waals surface area (Å²) in [6.45, 7) is 5.33. The molecule has 58 heavy (non-hydrogen) atoms. The number of carbonyl (C=O) groups is 1. The van der Waals surface area contributed by atoms with E-state index in [-0.39, 0.29) is 88.8 Å². The van der Waals surface area contributed by atoms with Crippen LogP contribution in [0.2, 0.25) is 0 Å². The van der Waals surface area contributed by atoms with Crippen molar-refractivity contribution in [3.05, 3.63) is 59.8 Å². The monoisotopic (exact) mass is 805 g/mol. The Morgan fingerprint density at radius 1 is 1.10 bits per heavy atom. The molecule has 4 aliphatic rings. The van der Waals surface area contributed by atoms with E-state index in [2.05, 4.69) is 30.9 Å². The van der Waals surface area contributed by atoms with E-state index in [0.29, 0.717) is 42.4 Å². The number of hydrogen-bond acceptors (Lipinski definition) is 10. The molecule has 2 unspecified atom stereocenters. The number of amides is 1. The largest absolute Gasteiger partial charge is 0.508 e. The third-order valence-electron chi connectivity index (χ3n) is 12.1. The van der Waals surface area contributed by atoms with Gasteiger partial charge < -0.3 is 19.6 Å². The number of phenolic OH excluding ortho intramolecular Hbond substituents is 1. The van der Waals surface area contributed by atoms with E-state index in [1.807, 2.05) is 11.8 Å². The number of hydrogen-bond donors (Lipinski definition) is 1. The second-order valence-corrected chi connectivity index (χ2v) is 16.2. The van der Waals surface area contributed by atoms with Crippen molar-refractivity contribution in [2.75, 3.05) is 37.7 Å². The minimum atomic E-state index is -4.84. The number of terminal acetylenes is 1. The standard InChI is InChI=1S/C40H37F6N9O3/c1-4-26-29(42)7-6-23-10-25(56)11-27(30(23)26)32-31(43)33-28(15-47-32)34(50-36(49-33)58-19-38-8-5-9-53(38)17-24(41)14-38)52-16-21(2)12-39(18-52)13-22(3)55(39)37(57)54-20-48-35(51-54)40(44,45)46/h1,6-7,10-11,15,20-22,24,56H,5,8-9,12-14,16-19H2,2-3H3/t21-,22?,24+,38-,39?/m0/s1. The number of anilines is 1. The summed E-state index contributed by atoms with van der Waals surface area (Å²) in [6, 6.07) is 3.88. The van der Waals surface area contributed by atoms with Gasteiger partial charge in [0.2, 0.25) is 0 Å². The van der Waals surface area contributed by atoms with E-state index in [0.717, 1.165) is 18.8 Å². The van der Waals surface area contributed by atoms with Gasteiger partial charge in [-0.1, -0.05) is 18.9 Å². The highest BCUT2D eigenvalue weighted by Crippen LogP contribution is 2.47. The first-order valence-electron chi connectivity index (χ1n) is 19.0. The van der Waals surface area contributed by atoms with Crippen molar-refractivity contribution in [2.45, 2.75) is 75.4 Å². The van der Waals surface area contributed by atoms with Crippen LogP contribution < -0.4 is 9.64 Å². The molecule has 1 amide bonds. The Bertz CT molecular complexity index is 2540. The number of phenols is 1. The van der Waals surface area contributed by atoms with E-state index in [9.17, 15) is 27.5 Å². The average Bonchev–Trinajstić information content (AvgIpc) is 3.89. The number of nitrogens with zero attached hydrogens (tertiary/aromatic N) is 9. The Morgan fingerprint density at radius 3 is 2.66 bits per heavy atom. The molecule has 3 aromatic heterocycles. The molecular formula is C40H37F6N9O3. The summed E-state index contributed by atoms with van der Waals surface area (Å²) < 4.78 is 93.9. The summed E-state index contributed by atoms with van der Waals surface area (Å²) in [5.41, 5.74) is -2.07. The maximum atomic E-state index is 17.2. The summed E-state index contributed by atoms with van der Waals surface area (Å²) in [4.78, 5) is 36.4. The molecule has 1 spiro atoms. The van der Waals surface area contributed by atoms with Crippen LogP contribution in [-0.4, -0.2) is 107 Å². The fourth-order valence-electron chi connectivity index (χ4n) is 10.1. The van der Waals surface area contributed by atoms with E-state index in [4.69, 9.17) is 16.1 Å². The van der Waals surface area contributed by atoms with E-state index in [1.54, 1.807) is 6.92 Å². The van der Waals surface area contributed by atoms with Gasteiger partial charge in [0.05, 0.1) is 22.0 Å². The number of piperidine rings is 1. The maximum Gasteiger partial charge on any atom is 0.453 e. The minimum absolute atomic E-state index is 0.0230. The lowest BCUT2D eigenvalue weighted by Crippen LogP contribution is -2.74. The molecule has 4 aliphatic heterocycles. The van der Waals surface area contributed by atoms with Gasteiger partial charge in [0.15, 0.2) is 5.82 Å². The maximum absolute atomic E-state index is 17.2. The first-order valence-corrected chi connectivity index (χ1v) is 19.0. The van der Waals surface area contributed by atoms with Crippen LogP contribution in [0.3, 0.4) is 0 Å². The molecule has 9 rings (SSSR count). The van der Waals surface area contributed by atoms with Gasteiger partial charge >= 0.3 is 18.2 Å². The van der Waals surface area contributed by atoms with Crippen molar-refractivity contribution in [1.29, 1.82) is 0 Å². The third kappa shape index (κ3) is 6.04. The van der Waals surface area contributed by atoms with E-state index < -0.39 is 46.9 Å². The van der Waals surface area contributed by atoms with Crippen molar-refractivity contribution < 1.29 is 41.0 Å². The predicted octanol–water partition coefficient (Wildman–Crippen LogP) is 6.72.